The van der Waals surface area contributed by atoms with E-state index in [1.807, 2.05) is 18.2 Å². The molecule has 1 heterocycles. The summed E-state index contributed by atoms with van der Waals surface area (Å²) in [6.45, 7) is -0.0102. The third-order valence-corrected chi connectivity index (χ3v) is 6.12. The van der Waals surface area contributed by atoms with Crippen LogP contribution < -0.4 is 5.32 Å². The van der Waals surface area contributed by atoms with Crippen LogP contribution in [0.2, 0.25) is 0 Å². The third kappa shape index (κ3) is 3.83. The van der Waals surface area contributed by atoms with E-state index in [0.29, 0.717) is 5.69 Å². The molecule has 4 rings (SSSR count). The standard InChI is InChI=1S/C22H22BrFN2O2/c23-16-8-11-19-18(12-16)21(14-6-9-17(24)10-7-14)26(13-20(27)25-19)22(28)15-4-2-1-3-5-15/h6-12,15,21H,1-5,13H2,(H,25,27)/t21-/m1/s1. The number of hydrogen-bond donors (Lipinski definition) is 1. The van der Waals surface area contributed by atoms with Gasteiger partial charge >= 0.3 is 0 Å². The van der Waals surface area contributed by atoms with E-state index in [1.165, 1.54) is 12.1 Å². The van der Waals surface area contributed by atoms with Crippen molar-refractivity contribution in [3.63, 3.8) is 0 Å². The monoisotopic (exact) mass is 444 g/mol. The van der Waals surface area contributed by atoms with Crippen LogP contribution in [-0.4, -0.2) is 23.3 Å². The van der Waals surface area contributed by atoms with Gasteiger partial charge in [-0.25, -0.2) is 4.39 Å². The maximum Gasteiger partial charge on any atom is 0.244 e. The first-order valence-corrected chi connectivity index (χ1v) is 10.5. The van der Waals surface area contributed by atoms with E-state index in [0.717, 1.165) is 47.7 Å². The zero-order chi connectivity index (χ0) is 19.7. The van der Waals surface area contributed by atoms with Crippen molar-refractivity contribution in [2.45, 2.75) is 38.1 Å². The molecular formula is C22H22BrFN2O2. The summed E-state index contributed by atoms with van der Waals surface area (Å²) in [7, 11) is 0. The molecular weight excluding hydrogens is 423 g/mol. The Morgan fingerprint density at radius 1 is 1.07 bits per heavy atom. The summed E-state index contributed by atoms with van der Waals surface area (Å²) in [6, 6.07) is 11.4. The van der Waals surface area contributed by atoms with Gasteiger partial charge in [0.25, 0.3) is 0 Å². The molecule has 2 aromatic rings. The molecule has 0 aromatic heterocycles. The number of fused-ring (bicyclic) bond motifs is 1. The molecule has 0 spiro atoms. The molecule has 1 N–H and O–H groups in total. The number of carbonyl (C=O) groups excluding carboxylic acids is 2. The van der Waals surface area contributed by atoms with Gasteiger partial charge in [0.05, 0.1) is 6.04 Å². The van der Waals surface area contributed by atoms with Gasteiger partial charge in [0, 0.05) is 21.6 Å². The largest absolute Gasteiger partial charge is 0.324 e. The molecule has 28 heavy (non-hydrogen) atoms. The number of halogens is 2. The Hall–Kier alpha value is -2.21. The Kier molecular flexibility index (Phi) is 5.49. The molecule has 2 amide bonds. The summed E-state index contributed by atoms with van der Waals surface area (Å²) >= 11 is 3.50. The van der Waals surface area contributed by atoms with Crippen LogP contribution in [0.3, 0.4) is 0 Å². The van der Waals surface area contributed by atoms with E-state index in [1.54, 1.807) is 17.0 Å². The number of rotatable bonds is 2. The summed E-state index contributed by atoms with van der Waals surface area (Å²) in [5.41, 5.74) is 2.30. The minimum absolute atomic E-state index is 0.0102. The summed E-state index contributed by atoms with van der Waals surface area (Å²) < 4.78 is 14.4. The number of amides is 2. The Bertz CT molecular complexity index is 894. The highest BCUT2D eigenvalue weighted by Crippen LogP contribution is 2.39. The fourth-order valence-electron chi connectivity index (χ4n) is 4.27. The number of nitrogens with one attached hydrogen (secondary N) is 1. The van der Waals surface area contributed by atoms with Crippen molar-refractivity contribution >= 4 is 33.4 Å². The van der Waals surface area contributed by atoms with Gasteiger partial charge in [0.1, 0.15) is 12.4 Å². The maximum atomic E-state index is 13.5. The second-order valence-corrected chi connectivity index (χ2v) is 8.45. The molecule has 1 aliphatic heterocycles. The lowest BCUT2D eigenvalue weighted by Gasteiger charge is -2.34. The fraction of sp³-hybridized carbons (Fsp3) is 0.364. The van der Waals surface area contributed by atoms with Gasteiger partial charge in [-0.2, -0.15) is 0 Å². The van der Waals surface area contributed by atoms with E-state index in [2.05, 4.69) is 21.2 Å². The van der Waals surface area contributed by atoms with Crippen LogP contribution in [0, 0.1) is 11.7 Å². The Morgan fingerprint density at radius 3 is 2.50 bits per heavy atom. The lowest BCUT2D eigenvalue weighted by molar-refractivity contribution is -0.140. The quantitative estimate of drug-likeness (QED) is 0.705. The van der Waals surface area contributed by atoms with Gasteiger partial charge in [0.2, 0.25) is 11.8 Å². The Balaban J connectivity index is 1.82. The van der Waals surface area contributed by atoms with Gasteiger partial charge in [-0.3, -0.25) is 9.59 Å². The van der Waals surface area contributed by atoms with Crippen molar-refractivity contribution in [1.82, 2.24) is 4.90 Å². The number of benzene rings is 2. The van der Waals surface area contributed by atoms with Crippen molar-refractivity contribution < 1.29 is 14.0 Å². The molecule has 1 fully saturated rings. The third-order valence-electron chi connectivity index (χ3n) is 5.63. The average Bonchev–Trinajstić information content (AvgIpc) is 2.84. The Labute approximate surface area is 172 Å². The van der Waals surface area contributed by atoms with Crippen LogP contribution in [0.25, 0.3) is 0 Å². The highest BCUT2D eigenvalue weighted by molar-refractivity contribution is 9.10. The van der Waals surface area contributed by atoms with E-state index in [9.17, 15) is 14.0 Å². The Morgan fingerprint density at radius 2 is 1.79 bits per heavy atom. The van der Waals surface area contributed by atoms with E-state index >= 15 is 0 Å². The average molecular weight is 445 g/mol. The molecule has 146 valence electrons. The predicted octanol–water partition coefficient (Wildman–Crippen LogP) is 5.04. The molecule has 2 aromatic carbocycles. The van der Waals surface area contributed by atoms with Gasteiger partial charge in [-0.05, 0) is 48.7 Å². The molecule has 2 aliphatic rings. The van der Waals surface area contributed by atoms with Gasteiger partial charge < -0.3 is 10.2 Å². The van der Waals surface area contributed by atoms with Crippen molar-refractivity contribution in [3.05, 3.63) is 63.9 Å². The van der Waals surface area contributed by atoms with Crippen LogP contribution in [-0.2, 0) is 9.59 Å². The minimum atomic E-state index is -0.443. The first-order valence-electron chi connectivity index (χ1n) is 9.68. The van der Waals surface area contributed by atoms with Crippen LogP contribution in [0.4, 0.5) is 10.1 Å². The molecule has 6 heteroatoms. The van der Waals surface area contributed by atoms with Crippen LogP contribution in [0.1, 0.15) is 49.3 Å². The lowest BCUT2D eigenvalue weighted by atomic mass is 9.87. The van der Waals surface area contributed by atoms with Gasteiger partial charge in [0.15, 0.2) is 0 Å². The van der Waals surface area contributed by atoms with Crippen molar-refractivity contribution in [2.75, 3.05) is 11.9 Å². The highest BCUT2D eigenvalue weighted by Gasteiger charge is 2.36. The van der Waals surface area contributed by atoms with Crippen LogP contribution in [0.15, 0.2) is 46.9 Å². The molecule has 4 nitrogen and oxygen atoms in total. The van der Waals surface area contributed by atoms with E-state index in [4.69, 9.17) is 0 Å². The number of anilines is 1. The fourth-order valence-corrected chi connectivity index (χ4v) is 4.65. The molecule has 1 saturated carbocycles. The second-order valence-electron chi connectivity index (χ2n) is 7.53. The molecule has 0 unspecified atom stereocenters. The smallest absolute Gasteiger partial charge is 0.244 e. The molecule has 0 bridgehead atoms. The molecule has 1 atom stereocenters. The summed E-state index contributed by atoms with van der Waals surface area (Å²) in [5.74, 6) is -0.584. The number of hydrogen-bond acceptors (Lipinski definition) is 2. The first kappa shape index (κ1) is 19.1. The normalized spacial score (nSPS) is 20.3. The van der Waals surface area contributed by atoms with Crippen molar-refractivity contribution in [3.8, 4) is 0 Å². The summed E-state index contributed by atoms with van der Waals surface area (Å²) in [6.07, 6.45) is 4.96. The van der Waals surface area contributed by atoms with Gasteiger partial charge in [-0.1, -0.05) is 47.3 Å². The summed E-state index contributed by atoms with van der Waals surface area (Å²) in [5, 5.41) is 2.92. The summed E-state index contributed by atoms with van der Waals surface area (Å²) in [4.78, 5) is 27.7. The first-order chi connectivity index (χ1) is 13.5. The minimum Gasteiger partial charge on any atom is -0.324 e. The lowest BCUT2D eigenvalue weighted by Crippen LogP contribution is -2.42. The van der Waals surface area contributed by atoms with E-state index in [-0.39, 0.29) is 30.1 Å². The van der Waals surface area contributed by atoms with Crippen molar-refractivity contribution in [1.29, 1.82) is 0 Å². The molecule has 0 saturated heterocycles. The number of nitrogens with zero attached hydrogens (tertiary/aromatic N) is 1. The molecule has 0 radical (unpaired) electrons. The zero-order valence-corrected chi connectivity index (χ0v) is 17.0. The number of carbonyl (C=O) groups is 2. The predicted molar refractivity (Wildman–Crippen MR) is 109 cm³/mol. The highest BCUT2D eigenvalue weighted by atomic mass is 79.9. The van der Waals surface area contributed by atoms with Crippen LogP contribution >= 0.6 is 15.9 Å². The maximum absolute atomic E-state index is 13.5. The second kappa shape index (κ2) is 8.03. The van der Waals surface area contributed by atoms with Gasteiger partial charge in [-0.15, -0.1) is 0 Å². The zero-order valence-electron chi connectivity index (χ0n) is 15.5. The van der Waals surface area contributed by atoms with E-state index < -0.39 is 6.04 Å². The molecule has 1 aliphatic carbocycles. The SMILES string of the molecule is O=C1CN(C(=O)C2CCCCC2)[C@H](c2ccc(F)cc2)c2cc(Br)ccc2N1. The van der Waals surface area contributed by atoms with Crippen LogP contribution in [0.5, 0.6) is 0 Å². The van der Waals surface area contributed by atoms with Crippen molar-refractivity contribution in [2.24, 2.45) is 5.92 Å². The topological polar surface area (TPSA) is 49.4 Å².